The van der Waals surface area contributed by atoms with E-state index in [4.69, 9.17) is 0 Å². The minimum Gasteiger partial charge on any atom is -0.359 e. The van der Waals surface area contributed by atoms with E-state index in [9.17, 15) is 4.79 Å². The number of aryl methyl sites for hydroxylation is 2. The van der Waals surface area contributed by atoms with Gasteiger partial charge in [0.15, 0.2) is 0 Å². The van der Waals surface area contributed by atoms with Gasteiger partial charge in [-0.1, -0.05) is 6.07 Å². The summed E-state index contributed by atoms with van der Waals surface area (Å²) < 4.78 is 2.13. The van der Waals surface area contributed by atoms with E-state index in [2.05, 4.69) is 25.9 Å². The average molecular weight is 294 g/mol. The Morgan fingerprint density at radius 2 is 2.36 bits per heavy atom. The van der Waals surface area contributed by atoms with Crippen molar-refractivity contribution in [2.45, 2.75) is 26.3 Å². The second-order valence-corrected chi connectivity index (χ2v) is 5.98. The number of imidazole rings is 1. The van der Waals surface area contributed by atoms with Crippen molar-refractivity contribution in [3.8, 4) is 0 Å². The molecule has 2 aromatic heterocycles. The molecule has 1 unspecified atom stereocenters. The van der Waals surface area contributed by atoms with Gasteiger partial charge in [0.25, 0.3) is 0 Å². The van der Waals surface area contributed by atoms with Crippen LogP contribution in [0.25, 0.3) is 10.9 Å². The van der Waals surface area contributed by atoms with Crippen LogP contribution in [0.1, 0.15) is 17.8 Å². The lowest BCUT2D eigenvalue weighted by molar-refractivity contribution is -0.120. The number of nitrogens with one attached hydrogen (secondary N) is 2. The van der Waals surface area contributed by atoms with Gasteiger partial charge in [0.1, 0.15) is 0 Å². The topological polar surface area (TPSA) is 62.7 Å². The number of aromatic nitrogens is 3. The molecule has 1 aliphatic heterocycles. The van der Waals surface area contributed by atoms with Crippen molar-refractivity contribution in [2.75, 3.05) is 5.32 Å². The minimum atomic E-state index is 0.0134. The molecule has 112 valence electrons. The number of benzene rings is 1. The lowest BCUT2D eigenvalue weighted by Gasteiger charge is -2.23. The molecular weight excluding hydrogens is 276 g/mol. The summed E-state index contributed by atoms with van der Waals surface area (Å²) in [5.74, 6) is 0.110. The third-order valence-electron chi connectivity index (χ3n) is 4.40. The molecule has 0 fully saturated rings. The Hall–Kier alpha value is -2.56. The first kappa shape index (κ1) is 13.1. The summed E-state index contributed by atoms with van der Waals surface area (Å²) in [5, 5.41) is 4.17. The van der Waals surface area contributed by atoms with Gasteiger partial charge < -0.3 is 14.9 Å². The molecule has 0 aliphatic carbocycles. The van der Waals surface area contributed by atoms with E-state index in [0.29, 0.717) is 0 Å². The number of fused-ring (bicyclic) bond motifs is 2. The smallest absolute Gasteiger partial charge is 0.227 e. The summed E-state index contributed by atoms with van der Waals surface area (Å²) in [6.45, 7) is 2.88. The largest absolute Gasteiger partial charge is 0.359 e. The van der Waals surface area contributed by atoms with Crippen molar-refractivity contribution in [1.29, 1.82) is 0 Å². The van der Waals surface area contributed by atoms with Crippen molar-refractivity contribution in [2.24, 2.45) is 5.92 Å². The number of carbonyl (C=O) groups excluding carboxylic acids is 1. The van der Waals surface area contributed by atoms with Crippen LogP contribution in [-0.2, 0) is 17.8 Å². The molecule has 3 heterocycles. The zero-order chi connectivity index (χ0) is 15.1. The number of H-pyrrole nitrogens is 1. The zero-order valence-corrected chi connectivity index (χ0v) is 12.5. The second kappa shape index (κ2) is 5.02. The summed E-state index contributed by atoms with van der Waals surface area (Å²) in [4.78, 5) is 20.0. The SMILES string of the molecule is Cc1cc2c(NC(=O)C3CCn4cncc4C3)cccc2[nH]1. The molecule has 0 radical (unpaired) electrons. The van der Waals surface area contributed by atoms with E-state index in [0.717, 1.165) is 47.4 Å². The maximum atomic E-state index is 12.6. The van der Waals surface area contributed by atoms with Gasteiger partial charge in [-0.05, 0) is 31.5 Å². The number of amides is 1. The Morgan fingerprint density at radius 3 is 3.27 bits per heavy atom. The Morgan fingerprint density at radius 1 is 1.45 bits per heavy atom. The summed E-state index contributed by atoms with van der Waals surface area (Å²) in [5.41, 5.74) is 4.17. The van der Waals surface area contributed by atoms with E-state index in [1.165, 1.54) is 0 Å². The quantitative estimate of drug-likeness (QED) is 0.763. The van der Waals surface area contributed by atoms with Gasteiger partial charge in [0.2, 0.25) is 5.91 Å². The Balaban J connectivity index is 1.57. The Labute approximate surface area is 128 Å². The van der Waals surface area contributed by atoms with E-state index in [-0.39, 0.29) is 11.8 Å². The van der Waals surface area contributed by atoms with Gasteiger partial charge in [-0.2, -0.15) is 0 Å². The third kappa shape index (κ3) is 2.19. The predicted molar refractivity (Wildman–Crippen MR) is 85.7 cm³/mol. The third-order valence-corrected chi connectivity index (χ3v) is 4.40. The van der Waals surface area contributed by atoms with Gasteiger partial charge in [0, 0.05) is 47.4 Å². The number of hydrogen-bond donors (Lipinski definition) is 2. The lowest BCUT2D eigenvalue weighted by atomic mass is 9.95. The van der Waals surface area contributed by atoms with Crippen molar-refractivity contribution >= 4 is 22.5 Å². The van der Waals surface area contributed by atoms with Crippen molar-refractivity contribution < 1.29 is 4.79 Å². The number of rotatable bonds is 2. The van der Waals surface area contributed by atoms with Gasteiger partial charge in [-0.3, -0.25) is 4.79 Å². The van der Waals surface area contributed by atoms with E-state index in [1.54, 1.807) is 0 Å². The molecule has 0 bridgehead atoms. The van der Waals surface area contributed by atoms with Crippen LogP contribution < -0.4 is 5.32 Å². The summed E-state index contributed by atoms with van der Waals surface area (Å²) >= 11 is 0. The molecule has 4 rings (SSSR count). The highest BCUT2D eigenvalue weighted by atomic mass is 16.1. The van der Waals surface area contributed by atoms with Crippen LogP contribution in [-0.4, -0.2) is 20.4 Å². The molecule has 1 amide bonds. The fourth-order valence-electron chi connectivity index (χ4n) is 3.23. The molecule has 22 heavy (non-hydrogen) atoms. The molecule has 3 aromatic rings. The van der Waals surface area contributed by atoms with Crippen molar-refractivity contribution in [3.05, 3.63) is 48.2 Å². The monoisotopic (exact) mass is 294 g/mol. The first-order valence-electron chi connectivity index (χ1n) is 7.59. The normalized spacial score (nSPS) is 17.4. The van der Waals surface area contributed by atoms with Gasteiger partial charge >= 0.3 is 0 Å². The number of aromatic amines is 1. The van der Waals surface area contributed by atoms with Crippen LogP contribution in [0.3, 0.4) is 0 Å². The average Bonchev–Trinajstić information content (AvgIpc) is 3.12. The molecule has 0 saturated heterocycles. The van der Waals surface area contributed by atoms with E-state index >= 15 is 0 Å². The zero-order valence-electron chi connectivity index (χ0n) is 12.5. The lowest BCUT2D eigenvalue weighted by Crippen LogP contribution is -2.29. The summed E-state index contributed by atoms with van der Waals surface area (Å²) in [7, 11) is 0. The van der Waals surface area contributed by atoms with Crippen LogP contribution >= 0.6 is 0 Å². The minimum absolute atomic E-state index is 0.0134. The highest BCUT2D eigenvalue weighted by Crippen LogP contribution is 2.26. The second-order valence-electron chi connectivity index (χ2n) is 5.98. The van der Waals surface area contributed by atoms with Crippen LogP contribution in [0.2, 0.25) is 0 Å². The highest BCUT2D eigenvalue weighted by molar-refractivity contribution is 6.02. The van der Waals surface area contributed by atoms with Crippen LogP contribution in [0.4, 0.5) is 5.69 Å². The summed E-state index contributed by atoms with van der Waals surface area (Å²) in [6.07, 6.45) is 5.31. The molecule has 0 saturated carbocycles. The van der Waals surface area contributed by atoms with Gasteiger partial charge in [-0.15, -0.1) is 0 Å². The fraction of sp³-hybridized carbons (Fsp3) is 0.294. The Kier molecular flexibility index (Phi) is 2.99. The molecule has 1 aliphatic rings. The van der Waals surface area contributed by atoms with Crippen LogP contribution in [0.15, 0.2) is 36.8 Å². The van der Waals surface area contributed by atoms with Gasteiger partial charge in [0.05, 0.1) is 12.0 Å². The number of carbonyl (C=O) groups is 1. The number of hydrogen-bond acceptors (Lipinski definition) is 2. The highest BCUT2D eigenvalue weighted by Gasteiger charge is 2.25. The first-order valence-corrected chi connectivity index (χ1v) is 7.59. The van der Waals surface area contributed by atoms with Crippen LogP contribution in [0, 0.1) is 12.8 Å². The predicted octanol–water partition coefficient (Wildman–Crippen LogP) is 2.87. The van der Waals surface area contributed by atoms with Crippen LogP contribution in [0.5, 0.6) is 0 Å². The molecule has 1 aromatic carbocycles. The fourth-order valence-corrected chi connectivity index (χ4v) is 3.23. The molecule has 0 spiro atoms. The van der Waals surface area contributed by atoms with Gasteiger partial charge in [-0.25, -0.2) is 4.98 Å². The molecule has 2 N–H and O–H groups in total. The molecular formula is C17H18N4O. The van der Waals surface area contributed by atoms with Crippen molar-refractivity contribution in [3.63, 3.8) is 0 Å². The maximum Gasteiger partial charge on any atom is 0.227 e. The Bertz CT molecular complexity index is 845. The number of anilines is 1. The summed E-state index contributed by atoms with van der Waals surface area (Å²) in [6, 6.07) is 8.02. The standard InChI is InChI=1S/C17H18N4O/c1-11-7-14-15(19-11)3-2-4-16(14)20-17(22)12-5-6-21-10-18-9-13(21)8-12/h2-4,7,9-10,12,19H,5-6,8H2,1H3,(H,20,22). The first-order chi connectivity index (χ1) is 10.7. The molecule has 5 heteroatoms. The molecule has 5 nitrogen and oxygen atoms in total. The maximum absolute atomic E-state index is 12.6. The van der Waals surface area contributed by atoms with E-state index < -0.39 is 0 Å². The number of nitrogens with zero attached hydrogens (tertiary/aromatic N) is 2. The van der Waals surface area contributed by atoms with E-state index in [1.807, 2.05) is 37.6 Å². The molecule has 1 atom stereocenters. The van der Waals surface area contributed by atoms with Crippen molar-refractivity contribution in [1.82, 2.24) is 14.5 Å².